The van der Waals surface area contributed by atoms with Crippen molar-refractivity contribution in [2.24, 2.45) is 28.6 Å². The fourth-order valence-corrected chi connectivity index (χ4v) is 8.96. The molecule has 2 N–H and O–H groups in total. The highest BCUT2D eigenvalue weighted by atomic mass is 35.5. The number of aromatic nitrogens is 1. The van der Waals surface area contributed by atoms with E-state index in [9.17, 15) is 5.11 Å². The number of fused-ring (bicyclic) bond motifs is 7. The number of benzene rings is 1. The highest BCUT2D eigenvalue weighted by Crippen LogP contribution is 2.66. The number of aliphatic hydroxyl groups excluding tert-OH is 1. The first-order valence-corrected chi connectivity index (χ1v) is 13.0. The second-order valence-electron chi connectivity index (χ2n) is 10.7. The maximum Gasteiger partial charge on any atom is 0.187 e. The van der Waals surface area contributed by atoms with E-state index in [1.165, 1.54) is 36.3 Å². The summed E-state index contributed by atoms with van der Waals surface area (Å²) < 4.78 is 0. The summed E-state index contributed by atoms with van der Waals surface area (Å²) in [6.07, 6.45) is 10.5. The molecule has 0 unspecified atom stereocenters. The zero-order valence-electron chi connectivity index (χ0n) is 18.3. The van der Waals surface area contributed by atoms with Gasteiger partial charge in [-0.2, -0.15) is 0 Å². The van der Waals surface area contributed by atoms with Crippen molar-refractivity contribution in [1.29, 1.82) is 0 Å². The van der Waals surface area contributed by atoms with Crippen LogP contribution in [0.5, 0.6) is 0 Å². The Morgan fingerprint density at radius 2 is 1.97 bits per heavy atom. The zero-order valence-corrected chi connectivity index (χ0v) is 19.9. The van der Waals surface area contributed by atoms with Crippen LogP contribution in [0.3, 0.4) is 0 Å². The summed E-state index contributed by atoms with van der Waals surface area (Å²) in [6.45, 7) is 4.88. The number of halogens is 1. The molecular weight excluding hydrogens is 424 g/mol. The lowest BCUT2D eigenvalue weighted by Gasteiger charge is -2.56. The largest absolute Gasteiger partial charge is 0.393 e. The number of rotatable bonds is 2. The first-order valence-electron chi connectivity index (χ1n) is 11.8. The summed E-state index contributed by atoms with van der Waals surface area (Å²) in [5.74, 6) is 2.13. The number of para-hydroxylation sites is 1. The van der Waals surface area contributed by atoms with Gasteiger partial charge >= 0.3 is 0 Å². The fourth-order valence-electron chi connectivity index (χ4n) is 7.58. The molecule has 4 aliphatic rings. The Kier molecular flexibility index (Phi) is 4.62. The molecular formula is C26H31ClN2OS. The maximum atomic E-state index is 10.7. The second kappa shape index (κ2) is 7.07. The van der Waals surface area contributed by atoms with Crippen molar-refractivity contribution < 1.29 is 5.11 Å². The minimum atomic E-state index is -0.102. The van der Waals surface area contributed by atoms with E-state index in [1.807, 2.05) is 24.3 Å². The Morgan fingerprint density at radius 3 is 2.81 bits per heavy atom. The van der Waals surface area contributed by atoms with Crippen LogP contribution in [-0.2, 0) is 6.42 Å². The summed E-state index contributed by atoms with van der Waals surface area (Å²) in [5.41, 5.74) is 4.08. The molecule has 0 spiro atoms. The van der Waals surface area contributed by atoms with Crippen molar-refractivity contribution in [2.45, 2.75) is 64.9 Å². The third-order valence-electron chi connectivity index (χ3n) is 9.35. The second-order valence-corrected chi connectivity index (χ2v) is 12.1. The average Bonchev–Trinajstić information content (AvgIpc) is 3.29. The molecule has 3 nitrogen and oxygen atoms in total. The van der Waals surface area contributed by atoms with E-state index in [0.29, 0.717) is 5.92 Å². The Balaban J connectivity index is 1.34. The fraction of sp³-hybridized carbons (Fsp3) is 0.577. The Hall–Kier alpha value is -1.36. The zero-order chi connectivity index (χ0) is 21.4. The van der Waals surface area contributed by atoms with Gasteiger partial charge in [-0.1, -0.05) is 55.0 Å². The van der Waals surface area contributed by atoms with Crippen LogP contribution < -0.4 is 5.32 Å². The van der Waals surface area contributed by atoms with Crippen molar-refractivity contribution >= 4 is 39.3 Å². The van der Waals surface area contributed by atoms with Crippen LogP contribution in [0.15, 0.2) is 30.3 Å². The topological polar surface area (TPSA) is 45.2 Å². The normalized spacial score (nSPS) is 38.5. The van der Waals surface area contributed by atoms with Crippen molar-refractivity contribution in [2.75, 3.05) is 5.32 Å². The van der Waals surface area contributed by atoms with Gasteiger partial charge in [-0.3, -0.25) is 0 Å². The summed E-state index contributed by atoms with van der Waals surface area (Å²) in [7, 11) is 0. The van der Waals surface area contributed by atoms with Gasteiger partial charge in [0.05, 0.1) is 27.4 Å². The van der Waals surface area contributed by atoms with Gasteiger partial charge in [0.15, 0.2) is 5.13 Å². The van der Waals surface area contributed by atoms with E-state index >= 15 is 0 Å². The summed E-state index contributed by atoms with van der Waals surface area (Å²) >= 11 is 8.15. The molecule has 4 aliphatic carbocycles. The van der Waals surface area contributed by atoms with Crippen molar-refractivity contribution in [3.8, 4) is 0 Å². The van der Waals surface area contributed by atoms with Crippen LogP contribution in [0.25, 0.3) is 5.57 Å². The van der Waals surface area contributed by atoms with E-state index in [4.69, 9.17) is 16.6 Å². The Morgan fingerprint density at radius 1 is 1.13 bits per heavy atom. The lowest BCUT2D eigenvalue weighted by Crippen LogP contribution is -2.50. The molecule has 31 heavy (non-hydrogen) atoms. The number of allylic oxidation sites excluding steroid dienone is 2. The van der Waals surface area contributed by atoms with Crippen LogP contribution in [0.4, 0.5) is 10.8 Å². The molecule has 0 radical (unpaired) electrons. The van der Waals surface area contributed by atoms with Crippen LogP contribution in [-0.4, -0.2) is 16.2 Å². The number of hydrogen-bond acceptors (Lipinski definition) is 4. The molecule has 164 valence electrons. The lowest BCUT2D eigenvalue weighted by molar-refractivity contribution is -0.0579. The number of hydrogen-bond donors (Lipinski definition) is 2. The van der Waals surface area contributed by atoms with Gasteiger partial charge in [0.25, 0.3) is 0 Å². The maximum absolute atomic E-state index is 10.7. The van der Waals surface area contributed by atoms with Crippen molar-refractivity contribution in [1.82, 2.24) is 4.98 Å². The lowest BCUT2D eigenvalue weighted by atomic mass is 9.48. The molecule has 0 aliphatic heterocycles. The molecule has 1 aromatic heterocycles. The number of anilines is 2. The molecule has 6 rings (SSSR count). The first-order chi connectivity index (χ1) is 14.9. The summed E-state index contributed by atoms with van der Waals surface area (Å²) in [5, 5.41) is 15.8. The molecule has 2 saturated carbocycles. The van der Waals surface area contributed by atoms with Gasteiger partial charge in [0.1, 0.15) is 0 Å². The quantitative estimate of drug-likeness (QED) is 0.509. The first kappa shape index (κ1) is 20.3. The minimum Gasteiger partial charge on any atom is -0.393 e. The van der Waals surface area contributed by atoms with Gasteiger partial charge < -0.3 is 10.4 Å². The van der Waals surface area contributed by atoms with Gasteiger partial charge in [-0.25, -0.2) is 4.98 Å². The van der Waals surface area contributed by atoms with Gasteiger partial charge in [-0.15, -0.1) is 0 Å². The Bertz CT molecular complexity index is 1060. The van der Waals surface area contributed by atoms with Crippen molar-refractivity contribution in [3.05, 3.63) is 45.9 Å². The monoisotopic (exact) mass is 454 g/mol. The third kappa shape index (κ3) is 2.91. The van der Waals surface area contributed by atoms with Gasteiger partial charge in [-0.05, 0) is 91.2 Å². The summed E-state index contributed by atoms with van der Waals surface area (Å²) in [4.78, 5) is 6.35. The van der Waals surface area contributed by atoms with E-state index in [-0.39, 0.29) is 16.9 Å². The summed E-state index contributed by atoms with van der Waals surface area (Å²) in [6, 6.07) is 7.87. The molecule has 1 heterocycles. The predicted molar refractivity (Wildman–Crippen MR) is 129 cm³/mol. The molecule has 2 aromatic rings. The van der Waals surface area contributed by atoms with Gasteiger partial charge in [0.2, 0.25) is 0 Å². The average molecular weight is 455 g/mol. The van der Waals surface area contributed by atoms with Crippen LogP contribution in [0.2, 0.25) is 5.02 Å². The number of thiazole rings is 1. The molecule has 6 atom stereocenters. The van der Waals surface area contributed by atoms with Crippen LogP contribution in [0.1, 0.15) is 62.9 Å². The van der Waals surface area contributed by atoms with Crippen molar-refractivity contribution in [3.63, 3.8) is 0 Å². The molecule has 0 bridgehead atoms. The van der Waals surface area contributed by atoms with E-state index in [0.717, 1.165) is 46.9 Å². The molecule has 0 saturated heterocycles. The number of nitrogens with zero attached hydrogens (tertiary/aromatic N) is 1. The predicted octanol–water partition coefficient (Wildman–Crippen LogP) is 7.08. The van der Waals surface area contributed by atoms with E-state index < -0.39 is 0 Å². The highest BCUT2D eigenvalue weighted by Gasteiger charge is 2.58. The number of aryl methyl sites for hydroxylation is 1. The molecule has 5 heteroatoms. The minimum absolute atomic E-state index is 0.102. The van der Waals surface area contributed by atoms with E-state index in [2.05, 4.69) is 25.2 Å². The molecule has 0 amide bonds. The van der Waals surface area contributed by atoms with Crippen LogP contribution >= 0.6 is 22.9 Å². The van der Waals surface area contributed by atoms with E-state index in [1.54, 1.807) is 16.9 Å². The molecule has 1 aromatic carbocycles. The molecule has 2 fully saturated rings. The third-order valence-corrected chi connectivity index (χ3v) is 10.7. The number of aliphatic hydroxyl groups is 1. The highest BCUT2D eigenvalue weighted by molar-refractivity contribution is 7.16. The van der Waals surface area contributed by atoms with Gasteiger partial charge in [0, 0.05) is 0 Å². The smallest absolute Gasteiger partial charge is 0.187 e. The SMILES string of the molecule is C[C@]12CC[C@H]3[C@@H](CC=C4c5sc(Nc6ccccc6Cl)nc5CC[C@@]43C)[C@@H]1CC[C@@H]2O. The Labute approximate surface area is 193 Å². The van der Waals surface area contributed by atoms with Crippen LogP contribution in [0, 0.1) is 28.6 Å². The standard InChI is InChI=1S/C26H31ClN2OS/c1-25-14-12-21-23(31-24(29-21)28-20-6-4-3-5-19(20)27)18(25)8-7-15-16-9-10-22(30)26(16,2)13-11-17(15)25/h3-6,8,15-17,22,30H,7,9-14H2,1-2H3,(H,28,29)/t15-,16-,17-,22-,25+,26-/m0/s1. The number of nitrogens with one attached hydrogen (secondary N) is 1.